The van der Waals surface area contributed by atoms with Gasteiger partial charge in [-0.15, -0.1) is 0 Å². The van der Waals surface area contributed by atoms with Crippen molar-refractivity contribution >= 4 is 11.9 Å². The highest BCUT2D eigenvalue weighted by Gasteiger charge is 2.56. The number of ether oxygens (including phenoxy) is 1. The van der Waals surface area contributed by atoms with Gasteiger partial charge in [0, 0.05) is 31.7 Å². The Bertz CT molecular complexity index is 393. The van der Waals surface area contributed by atoms with Crippen LogP contribution in [0.1, 0.15) is 44.9 Å². The summed E-state index contributed by atoms with van der Waals surface area (Å²) in [5.74, 6) is 0.745. The predicted molar refractivity (Wildman–Crippen MR) is 76.7 cm³/mol. The molecule has 1 saturated heterocycles. The van der Waals surface area contributed by atoms with Gasteiger partial charge in [0.2, 0.25) is 5.91 Å². The lowest BCUT2D eigenvalue weighted by Gasteiger charge is -2.34. The molecule has 2 aliphatic carbocycles. The Hall–Kier alpha value is -1.10. The molecule has 0 aromatic heterocycles. The van der Waals surface area contributed by atoms with Gasteiger partial charge in [0.15, 0.2) is 0 Å². The quantitative estimate of drug-likeness (QED) is 0.841. The van der Waals surface area contributed by atoms with Crippen LogP contribution in [0.15, 0.2) is 0 Å². The summed E-state index contributed by atoms with van der Waals surface area (Å²) in [6.07, 6.45) is 6.59. The number of hydrogen-bond acceptors (Lipinski definition) is 3. The first-order chi connectivity index (χ1) is 10.2. The van der Waals surface area contributed by atoms with Gasteiger partial charge < -0.3 is 14.7 Å². The molecule has 1 heterocycles. The summed E-state index contributed by atoms with van der Waals surface area (Å²) in [6.45, 7) is 1.72. The number of rotatable bonds is 5. The van der Waals surface area contributed by atoms with Crippen LogP contribution in [-0.2, 0) is 14.3 Å². The molecule has 2 saturated carbocycles. The van der Waals surface area contributed by atoms with Crippen LogP contribution in [0.5, 0.6) is 0 Å². The van der Waals surface area contributed by atoms with Crippen LogP contribution >= 0.6 is 0 Å². The van der Waals surface area contributed by atoms with E-state index in [0.29, 0.717) is 31.6 Å². The highest BCUT2D eigenvalue weighted by Crippen LogP contribution is 2.56. The van der Waals surface area contributed by atoms with E-state index in [1.54, 1.807) is 0 Å². The van der Waals surface area contributed by atoms with Crippen molar-refractivity contribution in [1.29, 1.82) is 0 Å². The molecule has 0 bridgehead atoms. The Kier molecular flexibility index (Phi) is 4.48. The number of fused-ring (bicyclic) bond motifs is 1. The minimum Gasteiger partial charge on any atom is -0.481 e. The molecule has 0 spiro atoms. The fraction of sp³-hybridized carbons (Fsp3) is 0.875. The SMILES string of the molecule is O=C(O)CCN(C(=O)C1[C@H]2CCCC[C@H]12)C1CCOCC1. The average molecular weight is 295 g/mol. The molecule has 21 heavy (non-hydrogen) atoms. The zero-order valence-corrected chi connectivity index (χ0v) is 12.5. The van der Waals surface area contributed by atoms with Gasteiger partial charge in [0.25, 0.3) is 0 Å². The Morgan fingerprint density at radius 1 is 1.05 bits per heavy atom. The number of nitrogens with zero attached hydrogens (tertiary/aromatic N) is 1. The highest BCUT2D eigenvalue weighted by molar-refractivity contribution is 5.83. The molecule has 5 heteroatoms. The Balaban J connectivity index is 1.65. The monoisotopic (exact) mass is 295 g/mol. The summed E-state index contributed by atoms with van der Waals surface area (Å²) >= 11 is 0. The third kappa shape index (κ3) is 3.23. The van der Waals surface area contributed by atoms with Gasteiger partial charge >= 0.3 is 5.97 Å². The van der Waals surface area contributed by atoms with Gasteiger partial charge in [0.05, 0.1) is 6.42 Å². The molecule has 2 atom stereocenters. The van der Waals surface area contributed by atoms with Crippen LogP contribution in [-0.4, -0.2) is 47.7 Å². The van der Waals surface area contributed by atoms with Crippen molar-refractivity contribution in [3.63, 3.8) is 0 Å². The van der Waals surface area contributed by atoms with E-state index in [-0.39, 0.29) is 24.3 Å². The summed E-state index contributed by atoms with van der Waals surface area (Å²) in [4.78, 5) is 25.6. The first-order valence-corrected chi connectivity index (χ1v) is 8.28. The average Bonchev–Trinajstić information content (AvgIpc) is 3.22. The summed E-state index contributed by atoms with van der Waals surface area (Å²) in [5.41, 5.74) is 0. The second kappa shape index (κ2) is 6.34. The van der Waals surface area contributed by atoms with Crippen LogP contribution < -0.4 is 0 Å². The van der Waals surface area contributed by atoms with E-state index in [9.17, 15) is 9.59 Å². The number of aliphatic carboxylic acids is 1. The Morgan fingerprint density at radius 2 is 1.67 bits per heavy atom. The molecule has 5 nitrogen and oxygen atoms in total. The van der Waals surface area contributed by atoms with Crippen molar-refractivity contribution in [3.05, 3.63) is 0 Å². The molecule has 1 aliphatic heterocycles. The zero-order chi connectivity index (χ0) is 14.8. The molecular formula is C16H25NO4. The van der Waals surface area contributed by atoms with Crippen LogP contribution in [0, 0.1) is 17.8 Å². The minimum absolute atomic E-state index is 0.0468. The summed E-state index contributed by atoms with van der Waals surface area (Å²) in [7, 11) is 0. The highest BCUT2D eigenvalue weighted by atomic mass is 16.5. The normalized spacial score (nSPS) is 32.3. The minimum atomic E-state index is -0.826. The van der Waals surface area contributed by atoms with E-state index in [2.05, 4.69) is 0 Å². The molecule has 3 aliphatic rings. The van der Waals surface area contributed by atoms with E-state index in [1.165, 1.54) is 25.7 Å². The molecule has 3 rings (SSSR count). The fourth-order valence-electron chi connectivity index (χ4n) is 4.24. The standard InChI is InChI=1S/C16H25NO4/c18-14(19)5-8-17(11-6-9-21-10-7-11)16(20)15-12-3-1-2-4-13(12)15/h11-13,15H,1-10H2,(H,18,19)/t12-,13-/m0/s1. The Morgan fingerprint density at radius 3 is 2.24 bits per heavy atom. The van der Waals surface area contributed by atoms with Crippen molar-refractivity contribution < 1.29 is 19.4 Å². The van der Waals surface area contributed by atoms with Crippen molar-refractivity contribution in [2.45, 2.75) is 51.0 Å². The number of hydrogen-bond donors (Lipinski definition) is 1. The molecular weight excluding hydrogens is 270 g/mol. The molecule has 118 valence electrons. The third-order valence-corrected chi connectivity index (χ3v) is 5.42. The fourth-order valence-corrected chi connectivity index (χ4v) is 4.24. The van der Waals surface area contributed by atoms with E-state index >= 15 is 0 Å². The molecule has 0 aromatic carbocycles. The van der Waals surface area contributed by atoms with Crippen molar-refractivity contribution in [1.82, 2.24) is 4.90 Å². The number of carbonyl (C=O) groups excluding carboxylic acids is 1. The molecule has 0 aromatic rings. The predicted octanol–water partition coefficient (Wildman–Crippen LogP) is 1.90. The lowest BCUT2D eigenvalue weighted by Crippen LogP contribution is -2.45. The third-order valence-electron chi connectivity index (χ3n) is 5.42. The van der Waals surface area contributed by atoms with Gasteiger partial charge in [-0.3, -0.25) is 9.59 Å². The maximum absolute atomic E-state index is 12.9. The molecule has 1 N–H and O–H groups in total. The summed E-state index contributed by atoms with van der Waals surface area (Å²) in [6, 6.07) is 0.174. The molecule has 1 amide bonds. The smallest absolute Gasteiger partial charge is 0.305 e. The number of amides is 1. The van der Waals surface area contributed by atoms with Gasteiger partial charge in [0.1, 0.15) is 0 Å². The maximum atomic E-state index is 12.9. The van der Waals surface area contributed by atoms with Crippen molar-refractivity contribution in [2.75, 3.05) is 19.8 Å². The molecule has 0 radical (unpaired) electrons. The number of carboxylic acids is 1. The lowest BCUT2D eigenvalue weighted by atomic mass is 10.0. The van der Waals surface area contributed by atoms with Crippen molar-refractivity contribution in [3.8, 4) is 0 Å². The lowest BCUT2D eigenvalue weighted by molar-refractivity contribution is -0.141. The van der Waals surface area contributed by atoms with Crippen molar-refractivity contribution in [2.24, 2.45) is 17.8 Å². The second-order valence-electron chi connectivity index (χ2n) is 6.66. The van der Waals surface area contributed by atoms with E-state index in [0.717, 1.165) is 12.8 Å². The van der Waals surface area contributed by atoms with Gasteiger partial charge in [-0.25, -0.2) is 0 Å². The van der Waals surface area contributed by atoms with Crippen LogP contribution in [0.25, 0.3) is 0 Å². The molecule has 3 fully saturated rings. The van der Waals surface area contributed by atoms with Crippen LogP contribution in [0.2, 0.25) is 0 Å². The first-order valence-electron chi connectivity index (χ1n) is 8.28. The summed E-state index contributed by atoms with van der Waals surface area (Å²) in [5, 5.41) is 8.94. The van der Waals surface area contributed by atoms with Gasteiger partial charge in [-0.1, -0.05) is 12.8 Å². The topological polar surface area (TPSA) is 66.8 Å². The van der Waals surface area contributed by atoms with E-state index in [1.807, 2.05) is 4.90 Å². The number of carboxylic acid groups (broad SMARTS) is 1. The second-order valence-corrected chi connectivity index (χ2v) is 6.66. The molecule has 0 unspecified atom stereocenters. The maximum Gasteiger partial charge on any atom is 0.305 e. The van der Waals surface area contributed by atoms with Crippen LogP contribution in [0.4, 0.5) is 0 Å². The van der Waals surface area contributed by atoms with E-state index < -0.39 is 5.97 Å². The first kappa shape index (κ1) is 14.8. The van der Waals surface area contributed by atoms with Gasteiger partial charge in [-0.2, -0.15) is 0 Å². The summed E-state index contributed by atoms with van der Waals surface area (Å²) < 4.78 is 5.37. The van der Waals surface area contributed by atoms with Gasteiger partial charge in [-0.05, 0) is 37.5 Å². The number of carbonyl (C=O) groups is 2. The van der Waals surface area contributed by atoms with Crippen LogP contribution in [0.3, 0.4) is 0 Å². The Labute approximate surface area is 125 Å². The van der Waals surface area contributed by atoms with E-state index in [4.69, 9.17) is 9.84 Å². The largest absolute Gasteiger partial charge is 0.481 e. The zero-order valence-electron chi connectivity index (χ0n) is 12.5.